The second-order valence-corrected chi connectivity index (χ2v) is 4.89. The lowest BCUT2D eigenvalue weighted by atomic mass is 10.2. The highest BCUT2D eigenvalue weighted by atomic mass is 35.5. The quantitative estimate of drug-likeness (QED) is 0.792. The molecule has 0 saturated heterocycles. The Morgan fingerprint density at radius 1 is 1.11 bits per heavy atom. The van der Waals surface area contributed by atoms with E-state index in [4.69, 9.17) is 23.8 Å². The minimum absolute atomic E-state index is 0.303. The number of hydrogen-bond donors (Lipinski definition) is 2. The van der Waals surface area contributed by atoms with Gasteiger partial charge in [-0.05, 0) is 61.1 Å². The lowest BCUT2D eigenvalue weighted by molar-refractivity contribution is 0.628. The molecule has 2 nitrogen and oxygen atoms in total. The number of rotatable bonds is 2. The van der Waals surface area contributed by atoms with Crippen molar-refractivity contribution in [2.45, 2.75) is 6.92 Å². The third kappa shape index (κ3) is 3.91. The van der Waals surface area contributed by atoms with E-state index in [1.807, 2.05) is 19.1 Å². The molecule has 0 unspecified atom stereocenters. The number of anilines is 2. The minimum Gasteiger partial charge on any atom is -0.332 e. The van der Waals surface area contributed by atoms with Crippen LogP contribution in [0.5, 0.6) is 0 Å². The van der Waals surface area contributed by atoms with Gasteiger partial charge >= 0.3 is 0 Å². The fraction of sp³-hybridized carbons (Fsp3) is 0.0714. The van der Waals surface area contributed by atoms with E-state index in [0.717, 1.165) is 11.3 Å². The zero-order valence-electron chi connectivity index (χ0n) is 10.2. The van der Waals surface area contributed by atoms with Crippen molar-refractivity contribution in [1.82, 2.24) is 0 Å². The number of benzene rings is 2. The first-order chi connectivity index (χ1) is 9.04. The average Bonchev–Trinajstić information content (AvgIpc) is 2.37. The first kappa shape index (κ1) is 13.8. The molecule has 2 aromatic carbocycles. The Labute approximate surface area is 121 Å². The number of hydrogen-bond acceptors (Lipinski definition) is 1. The van der Waals surface area contributed by atoms with Crippen molar-refractivity contribution >= 4 is 40.3 Å². The lowest BCUT2D eigenvalue weighted by Gasteiger charge is -2.12. The van der Waals surface area contributed by atoms with Crippen molar-refractivity contribution in [1.29, 1.82) is 0 Å². The van der Waals surface area contributed by atoms with E-state index in [9.17, 15) is 4.39 Å². The van der Waals surface area contributed by atoms with Crippen molar-refractivity contribution in [3.8, 4) is 0 Å². The summed E-state index contributed by atoms with van der Waals surface area (Å²) in [5.41, 5.74) is 2.38. The Morgan fingerprint density at radius 2 is 1.79 bits per heavy atom. The van der Waals surface area contributed by atoms with Gasteiger partial charge in [-0.25, -0.2) is 4.39 Å². The fourth-order valence-corrected chi connectivity index (χ4v) is 1.90. The van der Waals surface area contributed by atoms with E-state index in [1.165, 1.54) is 12.1 Å². The van der Waals surface area contributed by atoms with Crippen LogP contribution in [-0.4, -0.2) is 5.11 Å². The SMILES string of the molecule is Cc1ccc(F)cc1NC(=S)Nc1ccc(Cl)cc1. The predicted octanol–water partition coefficient (Wildman–Crippen LogP) is 4.60. The minimum atomic E-state index is -0.303. The topological polar surface area (TPSA) is 24.1 Å². The van der Waals surface area contributed by atoms with Gasteiger partial charge in [-0.3, -0.25) is 0 Å². The summed E-state index contributed by atoms with van der Waals surface area (Å²) < 4.78 is 13.2. The monoisotopic (exact) mass is 294 g/mol. The van der Waals surface area contributed by atoms with Crippen LogP contribution in [0.1, 0.15) is 5.56 Å². The van der Waals surface area contributed by atoms with E-state index in [0.29, 0.717) is 15.8 Å². The molecule has 0 fully saturated rings. The Morgan fingerprint density at radius 3 is 2.47 bits per heavy atom. The van der Waals surface area contributed by atoms with Gasteiger partial charge in [0, 0.05) is 16.4 Å². The number of thiocarbonyl (C=S) groups is 1. The summed E-state index contributed by atoms with van der Waals surface area (Å²) in [4.78, 5) is 0. The number of halogens is 2. The Balaban J connectivity index is 2.05. The third-order valence-corrected chi connectivity index (χ3v) is 3.01. The largest absolute Gasteiger partial charge is 0.332 e. The molecule has 0 aliphatic carbocycles. The highest BCUT2D eigenvalue weighted by Gasteiger charge is 2.03. The van der Waals surface area contributed by atoms with Gasteiger partial charge in [-0.2, -0.15) is 0 Å². The van der Waals surface area contributed by atoms with Crippen molar-refractivity contribution in [3.05, 3.63) is 58.9 Å². The van der Waals surface area contributed by atoms with Gasteiger partial charge in [0.2, 0.25) is 0 Å². The molecule has 5 heteroatoms. The summed E-state index contributed by atoms with van der Waals surface area (Å²) in [5.74, 6) is -0.303. The molecule has 0 radical (unpaired) electrons. The van der Waals surface area contributed by atoms with Crippen LogP contribution in [0.3, 0.4) is 0 Å². The van der Waals surface area contributed by atoms with Crippen LogP contribution >= 0.6 is 23.8 Å². The maximum atomic E-state index is 13.2. The molecule has 0 bridgehead atoms. The third-order valence-electron chi connectivity index (χ3n) is 2.55. The van der Waals surface area contributed by atoms with Crippen LogP contribution in [0.15, 0.2) is 42.5 Å². The predicted molar refractivity (Wildman–Crippen MR) is 82.4 cm³/mol. The first-order valence-corrected chi connectivity index (χ1v) is 6.43. The molecule has 0 aliphatic rings. The molecular weight excluding hydrogens is 283 g/mol. The molecule has 0 aliphatic heterocycles. The van der Waals surface area contributed by atoms with Crippen LogP contribution < -0.4 is 10.6 Å². The molecule has 2 aromatic rings. The van der Waals surface area contributed by atoms with Crippen molar-refractivity contribution in [3.63, 3.8) is 0 Å². The lowest BCUT2D eigenvalue weighted by Crippen LogP contribution is -2.19. The molecular formula is C14H12ClFN2S. The van der Waals surface area contributed by atoms with E-state index >= 15 is 0 Å². The van der Waals surface area contributed by atoms with Gasteiger partial charge in [-0.15, -0.1) is 0 Å². The van der Waals surface area contributed by atoms with Gasteiger partial charge in [-0.1, -0.05) is 17.7 Å². The zero-order chi connectivity index (χ0) is 13.8. The zero-order valence-corrected chi connectivity index (χ0v) is 11.8. The van der Waals surface area contributed by atoms with Gasteiger partial charge in [0.15, 0.2) is 5.11 Å². The van der Waals surface area contributed by atoms with Gasteiger partial charge in [0.25, 0.3) is 0 Å². The molecule has 2 rings (SSSR count). The molecule has 0 heterocycles. The highest BCUT2D eigenvalue weighted by molar-refractivity contribution is 7.80. The molecule has 0 amide bonds. The summed E-state index contributed by atoms with van der Waals surface area (Å²) in [6.07, 6.45) is 0. The standard InChI is InChI=1S/C14H12ClFN2S/c1-9-2-5-11(16)8-13(9)18-14(19)17-12-6-3-10(15)4-7-12/h2-8H,1H3,(H2,17,18,19). The average molecular weight is 295 g/mol. The van der Waals surface area contributed by atoms with Crippen LogP contribution in [0, 0.1) is 12.7 Å². The molecule has 0 saturated carbocycles. The van der Waals surface area contributed by atoms with Gasteiger partial charge < -0.3 is 10.6 Å². The van der Waals surface area contributed by atoms with E-state index in [1.54, 1.807) is 18.2 Å². The molecule has 0 spiro atoms. The molecule has 0 atom stereocenters. The highest BCUT2D eigenvalue weighted by Crippen LogP contribution is 2.17. The summed E-state index contributed by atoms with van der Waals surface area (Å²) in [6.45, 7) is 1.88. The summed E-state index contributed by atoms with van der Waals surface area (Å²) in [7, 11) is 0. The van der Waals surface area contributed by atoms with Crippen LogP contribution in [0.4, 0.5) is 15.8 Å². The van der Waals surface area contributed by atoms with Crippen LogP contribution in [0.2, 0.25) is 5.02 Å². The van der Waals surface area contributed by atoms with E-state index in [-0.39, 0.29) is 5.82 Å². The molecule has 2 N–H and O–H groups in total. The summed E-state index contributed by atoms with van der Waals surface area (Å²) in [6, 6.07) is 11.7. The Hall–Kier alpha value is -1.65. The Kier molecular flexibility index (Phi) is 4.35. The van der Waals surface area contributed by atoms with Gasteiger partial charge in [0.1, 0.15) is 5.82 Å². The summed E-state index contributed by atoms with van der Waals surface area (Å²) >= 11 is 11.0. The molecule has 98 valence electrons. The summed E-state index contributed by atoms with van der Waals surface area (Å²) in [5, 5.41) is 7.02. The number of aryl methyl sites for hydroxylation is 1. The second kappa shape index (κ2) is 5.99. The Bertz CT molecular complexity index is 599. The molecule has 0 aromatic heterocycles. The number of nitrogens with one attached hydrogen (secondary N) is 2. The fourth-order valence-electron chi connectivity index (χ4n) is 1.55. The van der Waals surface area contributed by atoms with Crippen molar-refractivity contribution in [2.75, 3.05) is 10.6 Å². The van der Waals surface area contributed by atoms with Crippen molar-refractivity contribution in [2.24, 2.45) is 0 Å². The normalized spacial score (nSPS) is 10.1. The van der Waals surface area contributed by atoms with Crippen LogP contribution in [0.25, 0.3) is 0 Å². The smallest absolute Gasteiger partial charge is 0.175 e. The first-order valence-electron chi connectivity index (χ1n) is 5.64. The maximum absolute atomic E-state index is 13.2. The van der Waals surface area contributed by atoms with Crippen LogP contribution in [-0.2, 0) is 0 Å². The maximum Gasteiger partial charge on any atom is 0.175 e. The van der Waals surface area contributed by atoms with Gasteiger partial charge in [0.05, 0.1) is 0 Å². The molecule has 19 heavy (non-hydrogen) atoms. The van der Waals surface area contributed by atoms with E-state index < -0.39 is 0 Å². The second-order valence-electron chi connectivity index (χ2n) is 4.05. The van der Waals surface area contributed by atoms with E-state index in [2.05, 4.69) is 10.6 Å². The van der Waals surface area contributed by atoms with Crippen molar-refractivity contribution < 1.29 is 4.39 Å².